The van der Waals surface area contributed by atoms with Crippen molar-refractivity contribution in [2.24, 2.45) is 0 Å². The van der Waals surface area contributed by atoms with Crippen molar-refractivity contribution >= 4 is 9.84 Å². The van der Waals surface area contributed by atoms with E-state index in [1.54, 1.807) is 18.2 Å². The maximum atomic E-state index is 11.1. The van der Waals surface area contributed by atoms with Crippen LogP contribution in [-0.2, 0) is 15.6 Å². The SMILES string of the molecule is Cc1ccc(-c2nc(CS(C)(=O)=O)no2)c(O)c1. The van der Waals surface area contributed by atoms with Crippen LogP contribution in [0.5, 0.6) is 5.75 Å². The molecular formula is C11H12N2O4S. The lowest BCUT2D eigenvalue weighted by Gasteiger charge is -1.99. The molecule has 1 heterocycles. The van der Waals surface area contributed by atoms with E-state index in [2.05, 4.69) is 10.1 Å². The van der Waals surface area contributed by atoms with Gasteiger partial charge in [-0.25, -0.2) is 8.42 Å². The van der Waals surface area contributed by atoms with Crippen LogP contribution in [0, 0.1) is 6.92 Å². The van der Waals surface area contributed by atoms with Crippen LogP contribution in [0.4, 0.5) is 0 Å². The standard InChI is InChI=1S/C11H12N2O4S/c1-7-3-4-8(9(14)5-7)11-12-10(13-17-11)6-18(2,15)16/h3-5,14H,6H2,1-2H3. The predicted molar refractivity (Wildman–Crippen MR) is 64.7 cm³/mol. The average Bonchev–Trinajstić information content (AvgIpc) is 2.63. The number of rotatable bonds is 3. The molecule has 0 atom stereocenters. The summed E-state index contributed by atoms with van der Waals surface area (Å²) in [4.78, 5) is 3.94. The van der Waals surface area contributed by atoms with Crippen molar-refractivity contribution in [2.75, 3.05) is 6.26 Å². The average molecular weight is 268 g/mol. The van der Waals surface area contributed by atoms with Crippen LogP contribution in [0.2, 0.25) is 0 Å². The fourth-order valence-electron chi connectivity index (χ4n) is 1.48. The first-order valence-electron chi connectivity index (χ1n) is 5.15. The molecule has 0 aliphatic rings. The van der Waals surface area contributed by atoms with Gasteiger partial charge in [-0.15, -0.1) is 0 Å². The summed E-state index contributed by atoms with van der Waals surface area (Å²) >= 11 is 0. The van der Waals surface area contributed by atoms with Gasteiger partial charge in [0, 0.05) is 6.26 Å². The Bertz CT molecular complexity index is 676. The van der Waals surface area contributed by atoms with Gasteiger partial charge >= 0.3 is 0 Å². The minimum absolute atomic E-state index is 0.0181. The van der Waals surface area contributed by atoms with Crippen molar-refractivity contribution in [3.05, 3.63) is 29.6 Å². The van der Waals surface area contributed by atoms with Crippen molar-refractivity contribution in [1.82, 2.24) is 10.1 Å². The minimum Gasteiger partial charge on any atom is -0.507 e. The van der Waals surface area contributed by atoms with Gasteiger partial charge in [0.25, 0.3) is 5.89 Å². The van der Waals surface area contributed by atoms with Gasteiger partial charge < -0.3 is 9.63 Å². The summed E-state index contributed by atoms with van der Waals surface area (Å²) in [5, 5.41) is 13.3. The highest BCUT2D eigenvalue weighted by atomic mass is 32.2. The van der Waals surface area contributed by atoms with E-state index in [4.69, 9.17) is 4.52 Å². The summed E-state index contributed by atoms with van der Waals surface area (Å²) in [6.07, 6.45) is 1.09. The smallest absolute Gasteiger partial charge is 0.261 e. The quantitative estimate of drug-likeness (QED) is 0.901. The van der Waals surface area contributed by atoms with E-state index in [1.165, 1.54) is 0 Å². The maximum absolute atomic E-state index is 11.1. The zero-order valence-electron chi connectivity index (χ0n) is 9.91. The Kier molecular flexibility index (Phi) is 3.08. The number of aryl methyl sites for hydroxylation is 1. The summed E-state index contributed by atoms with van der Waals surface area (Å²) in [6.45, 7) is 1.84. The highest BCUT2D eigenvalue weighted by Crippen LogP contribution is 2.28. The number of aromatic nitrogens is 2. The number of phenolic OH excluding ortho intramolecular Hbond substituents is 1. The number of aromatic hydroxyl groups is 1. The number of sulfone groups is 1. The summed E-state index contributed by atoms with van der Waals surface area (Å²) < 4.78 is 27.1. The molecule has 0 aliphatic heterocycles. The van der Waals surface area contributed by atoms with E-state index in [0.29, 0.717) is 5.56 Å². The molecule has 1 aromatic heterocycles. The number of hydrogen-bond acceptors (Lipinski definition) is 6. The molecule has 0 spiro atoms. The molecule has 2 rings (SSSR count). The molecule has 18 heavy (non-hydrogen) atoms. The minimum atomic E-state index is -3.21. The molecule has 1 aromatic carbocycles. The number of hydrogen-bond donors (Lipinski definition) is 1. The lowest BCUT2D eigenvalue weighted by atomic mass is 10.1. The Morgan fingerprint density at radius 3 is 2.72 bits per heavy atom. The highest BCUT2D eigenvalue weighted by molar-refractivity contribution is 7.89. The molecule has 0 radical (unpaired) electrons. The molecule has 1 N–H and O–H groups in total. The van der Waals surface area contributed by atoms with Crippen LogP contribution in [0.3, 0.4) is 0 Å². The largest absolute Gasteiger partial charge is 0.507 e. The number of phenols is 1. The summed E-state index contributed by atoms with van der Waals surface area (Å²) in [5.74, 6) is -0.0912. The first kappa shape index (κ1) is 12.6. The first-order chi connectivity index (χ1) is 8.35. The molecule has 0 amide bonds. The fraction of sp³-hybridized carbons (Fsp3) is 0.273. The van der Waals surface area contributed by atoms with E-state index in [-0.39, 0.29) is 23.2 Å². The van der Waals surface area contributed by atoms with Crippen LogP contribution in [0.15, 0.2) is 22.7 Å². The van der Waals surface area contributed by atoms with Gasteiger partial charge in [-0.3, -0.25) is 0 Å². The van der Waals surface area contributed by atoms with Crippen molar-refractivity contribution in [3.8, 4) is 17.2 Å². The van der Waals surface area contributed by atoms with Gasteiger partial charge in [-0.1, -0.05) is 11.2 Å². The molecule has 96 valence electrons. The number of benzene rings is 1. The normalized spacial score (nSPS) is 11.7. The third-order valence-corrected chi connectivity index (χ3v) is 3.03. The lowest BCUT2D eigenvalue weighted by molar-refractivity contribution is 0.419. The van der Waals surface area contributed by atoms with Gasteiger partial charge in [-0.2, -0.15) is 4.98 Å². The van der Waals surface area contributed by atoms with Crippen LogP contribution < -0.4 is 0 Å². The van der Waals surface area contributed by atoms with Gasteiger partial charge in [-0.05, 0) is 24.6 Å². The molecule has 0 saturated carbocycles. The Balaban J connectivity index is 2.35. The zero-order valence-corrected chi connectivity index (χ0v) is 10.7. The van der Waals surface area contributed by atoms with E-state index in [9.17, 15) is 13.5 Å². The first-order valence-corrected chi connectivity index (χ1v) is 7.21. The van der Waals surface area contributed by atoms with E-state index >= 15 is 0 Å². The second kappa shape index (κ2) is 4.41. The summed E-state index contributed by atoms with van der Waals surface area (Å²) in [6, 6.07) is 4.99. The fourth-order valence-corrected chi connectivity index (χ4v) is 2.07. The Morgan fingerprint density at radius 2 is 2.11 bits per heavy atom. The second-order valence-corrected chi connectivity index (χ2v) is 6.25. The maximum Gasteiger partial charge on any atom is 0.261 e. The van der Waals surface area contributed by atoms with Gasteiger partial charge in [0.1, 0.15) is 11.5 Å². The lowest BCUT2D eigenvalue weighted by Crippen LogP contribution is -2.02. The highest BCUT2D eigenvalue weighted by Gasteiger charge is 2.15. The monoisotopic (exact) mass is 268 g/mol. The molecule has 0 bridgehead atoms. The summed E-state index contributed by atoms with van der Waals surface area (Å²) in [5.41, 5.74) is 1.28. The second-order valence-electron chi connectivity index (χ2n) is 4.11. The van der Waals surface area contributed by atoms with Gasteiger partial charge in [0.05, 0.1) is 5.56 Å². The molecule has 2 aromatic rings. The van der Waals surface area contributed by atoms with Crippen molar-refractivity contribution < 1.29 is 18.0 Å². The summed E-state index contributed by atoms with van der Waals surface area (Å²) in [7, 11) is -3.21. The van der Waals surface area contributed by atoms with Crippen molar-refractivity contribution in [2.45, 2.75) is 12.7 Å². The third kappa shape index (κ3) is 2.86. The number of nitrogens with zero attached hydrogens (tertiary/aromatic N) is 2. The topological polar surface area (TPSA) is 93.3 Å². The van der Waals surface area contributed by atoms with Crippen LogP contribution in [0.25, 0.3) is 11.5 Å². The van der Waals surface area contributed by atoms with E-state index in [0.717, 1.165) is 11.8 Å². The van der Waals surface area contributed by atoms with Crippen LogP contribution in [-0.4, -0.2) is 29.9 Å². The predicted octanol–water partition coefficient (Wildman–Crippen LogP) is 1.30. The van der Waals surface area contributed by atoms with Gasteiger partial charge in [0.15, 0.2) is 15.7 Å². The van der Waals surface area contributed by atoms with Crippen molar-refractivity contribution in [1.29, 1.82) is 0 Å². The molecule has 0 aliphatic carbocycles. The molecule has 7 heteroatoms. The third-order valence-electron chi connectivity index (χ3n) is 2.24. The Labute approximate surface area is 104 Å². The van der Waals surface area contributed by atoms with E-state index < -0.39 is 9.84 Å². The molecule has 0 fully saturated rings. The molecule has 0 unspecified atom stereocenters. The Hall–Kier alpha value is -1.89. The zero-order chi connectivity index (χ0) is 13.3. The van der Waals surface area contributed by atoms with Crippen LogP contribution in [0.1, 0.15) is 11.4 Å². The Morgan fingerprint density at radius 1 is 1.39 bits per heavy atom. The molecule has 0 saturated heterocycles. The van der Waals surface area contributed by atoms with Crippen LogP contribution >= 0.6 is 0 Å². The van der Waals surface area contributed by atoms with Crippen molar-refractivity contribution in [3.63, 3.8) is 0 Å². The molecular weight excluding hydrogens is 256 g/mol. The van der Waals surface area contributed by atoms with E-state index in [1.807, 2.05) is 6.92 Å². The molecule has 6 nitrogen and oxygen atoms in total. The van der Waals surface area contributed by atoms with Gasteiger partial charge in [0.2, 0.25) is 0 Å².